The maximum atomic E-state index is 4.66. The van der Waals surface area contributed by atoms with Crippen molar-refractivity contribution in [1.82, 2.24) is 15.3 Å². The molecule has 0 unspecified atom stereocenters. The van der Waals surface area contributed by atoms with Gasteiger partial charge in [-0.2, -0.15) is 11.8 Å². The molecular weight excluding hydrogens is 298 g/mol. The molecule has 2 aromatic rings. The second kappa shape index (κ2) is 7.92. The van der Waals surface area contributed by atoms with Gasteiger partial charge in [0, 0.05) is 29.4 Å². The number of nitrogens with one attached hydrogen (secondary N) is 1. The van der Waals surface area contributed by atoms with Gasteiger partial charge >= 0.3 is 0 Å². The zero-order valence-corrected chi connectivity index (χ0v) is 14.6. The van der Waals surface area contributed by atoms with Crippen molar-refractivity contribution in [3.05, 3.63) is 35.5 Å². The highest BCUT2D eigenvalue weighted by Gasteiger charge is 2.24. The number of pyridine rings is 1. The molecule has 1 N–H and O–H groups in total. The SMILES string of the molecule is CCC(CC)(CNCc1csc(-c2ccccn2)n1)SC. The molecule has 0 aliphatic carbocycles. The molecule has 5 heteroatoms. The van der Waals surface area contributed by atoms with Gasteiger partial charge in [-0.25, -0.2) is 4.98 Å². The minimum absolute atomic E-state index is 0.347. The normalized spacial score (nSPS) is 11.8. The summed E-state index contributed by atoms with van der Waals surface area (Å²) in [6.07, 6.45) is 6.39. The Labute approximate surface area is 135 Å². The zero-order chi connectivity index (χ0) is 15.1. The van der Waals surface area contributed by atoms with Crippen LogP contribution in [-0.4, -0.2) is 27.5 Å². The molecule has 2 aromatic heterocycles. The Balaban J connectivity index is 1.92. The fourth-order valence-electron chi connectivity index (χ4n) is 2.27. The van der Waals surface area contributed by atoms with Gasteiger partial charge < -0.3 is 5.32 Å². The minimum Gasteiger partial charge on any atom is -0.310 e. The van der Waals surface area contributed by atoms with Crippen molar-refractivity contribution >= 4 is 23.1 Å². The second-order valence-electron chi connectivity index (χ2n) is 5.06. The largest absolute Gasteiger partial charge is 0.310 e. The molecular formula is C16H23N3S2. The number of hydrogen-bond acceptors (Lipinski definition) is 5. The molecule has 3 nitrogen and oxygen atoms in total. The van der Waals surface area contributed by atoms with Crippen molar-refractivity contribution in [2.45, 2.75) is 38.0 Å². The maximum absolute atomic E-state index is 4.66. The lowest BCUT2D eigenvalue weighted by molar-refractivity contribution is 0.493. The summed E-state index contributed by atoms with van der Waals surface area (Å²) < 4.78 is 0.347. The Morgan fingerprint density at radius 3 is 2.71 bits per heavy atom. The van der Waals surface area contributed by atoms with Crippen molar-refractivity contribution in [3.63, 3.8) is 0 Å². The third kappa shape index (κ3) is 4.28. The first-order chi connectivity index (χ1) is 10.2. The molecule has 0 fully saturated rings. The Bertz CT molecular complexity index is 527. The monoisotopic (exact) mass is 321 g/mol. The summed E-state index contributed by atoms with van der Waals surface area (Å²) in [5, 5.41) is 6.68. The molecule has 0 amide bonds. The van der Waals surface area contributed by atoms with E-state index in [1.807, 2.05) is 36.2 Å². The first-order valence-electron chi connectivity index (χ1n) is 7.34. The third-order valence-electron chi connectivity index (χ3n) is 3.91. The molecule has 0 spiro atoms. The number of thiazole rings is 1. The van der Waals surface area contributed by atoms with Crippen LogP contribution in [0.1, 0.15) is 32.4 Å². The predicted octanol–water partition coefficient (Wildman–Crippen LogP) is 4.22. The fourth-order valence-corrected chi connectivity index (χ4v) is 3.89. The number of rotatable bonds is 8. The first kappa shape index (κ1) is 16.5. The highest BCUT2D eigenvalue weighted by atomic mass is 32.2. The zero-order valence-electron chi connectivity index (χ0n) is 12.9. The number of thioether (sulfide) groups is 1. The quantitative estimate of drug-likeness (QED) is 0.790. The lowest BCUT2D eigenvalue weighted by Crippen LogP contribution is -2.36. The number of aromatic nitrogens is 2. The summed E-state index contributed by atoms with van der Waals surface area (Å²) in [4.78, 5) is 9.01. The summed E-state index contributed by atoms with van der Waals surface area (Å²) in [6.45, 7) is 6.39. The molecule has 0 aromatic carbocycles. The van der Waals surface area contributed by atoms with E-state index in [1.165, 1.54) is 12.8 Å². The molecule has 0 aliphatic heterocycles. The topological polar surface area (TPSA) is 37.8 Å². The van der Waals surface area contributed by atoms with E-state index in [2.05, 4.69) is 40.8 Å². The summed E-state index contributed by atoms with van der Waals surface area (Å²) in [5.74, 6) is 0. The third-order valence-corrected chi connectivity index (χ3v) is 6.41. The van der Waals surface area contributed by atoms with Gasteiger partial charge in [0.2, 0.25) is 0 Å². The van der Waals surface area contributed by atoms with Crippen LogP contribution in [0.4, 0.5) is 0 Å². The lowest BCUT2D eigenvalue weighted by Gasteiger charge is -2.29. The first-order valence-corrected chi connectivity index (χ1v) is 9.45. The number of nitrogens with zero attached hydrogens (tertiary/aromatic N) is 2. The van der Waals surface area contributed by atoms with Crippen LogP contribution in [0.3, 0.4) is 0 Å². The van der Waals surface area contributed by atoms with E-state index >= 15 is 0 Å². The summed E-state index contributed by atoms with van der Waals surface area (Å²) >= 11 is 3.62. The lowest BCUT2D eigenvalue weighted by atomic mass is 10.0. The van der Waals surface area contributed by atoms with Crippen molar-refractivity contribution in [2.24, 2.45) is 0 Å². The predicted molar refractivity (Wildman–Crippen MR) is 93.9 cm³/mol. The van der Waals surface area contributed by atoms with Gasteiger partial charge in [0.15, 0.2) is 0 Å². The van der Waals surface area contributed by atoms with Crippen LogP contribution in [0.15, 0.2) is 29.8 Å². The van der Waals surface area contributed by atoms with E-state index in [0.717, 1.165) is 29.5 Å². The average Bonchev–Trinajstić information content (AvgIpc) is 3.02. The van der Waals surface area contributed by atoms with E-state index in [9.17, 15) is 0 Å². The fraction of sp³-hybridized carbons (Fsp3) is 0.500. The molecule has 0 bridgehead atoms. The number of hydrogen-bond donors (Lipinski definition) is 1. The Morgan fingerprint density at radius 1 is 1.29 bits per heavy atom. The minimum atomic E-state index is 0.347. The molecule has 0 aliphatic rings. The van der Waals surface area contributed by atoms with Crippen LogP contribution in [0.5, 0.6) is 0 Å². The van der Waals surface area contributed by atoms with Crippen LogP contribution in [0, 0.1) is 0 Å². The molecule has 0 atom stereocenters. The van der Waals surface area contributed by atoms with Crippen LogP contribution in [0.25, 0.3) is 10.7 Å². The highest BCUT2D eigenvalue weighted by Crippen LogP contribution is 2.29. The van der Waals surface area contributed by atoms with E-state index in [-0.39, 0.29) is 0 Å². The van der Waals surface area contributed by atoms with Crippen molar-refractivity contribution < 1.29 is 0 Å². The van der Waals surface area contributed by atoms with Crippen LogP contribution >= 0.6 is 23.1 Å². The van der Waals surface area contributed by atoms with E-state index < -0.39 is 0 Å². The highest BCUT2D eigenvalue weighted by molar-refractivity contribution is 8.00. The molecule has 2 rings (SSSR count). The van der Waals surface area contributed by atoms with Gasteiger partial charge in [0.25, 0.3) is 0 Å². The standard InChI is InChI=1S/C16H23N3S2/c1-4-16(5-2,20-3)12-17-10-13-11-21-15(19-13)14-8-6-7-9-18-14/h6-9,11,17H,4-5,10,12H2,1-3H3. The summed E-state index contributed by atoms with van der Waals surface area (Å²) in [6, 6.07) is 5.93. The molecule has 21 heavy (non-hydrogen) atoms. The van der Waals surface area contributed by atoms with Crippen LogP contribution < -0.4 is 5.32 Å². The van der Waals surface area contributed by atoms with E-state index in [4.69, 9.17) is 0 Å². The maximum Gasteiger partial charge on any atom is 0.142 e. The van der Waals surface area contributed by atoms with Crippen LogP contribution in [0.2, 0.25) is 0 Å². The molecule has 0 radical (unpaired) electrons. The van der Waals surface area contributed by atoms with E-state index in [1.54, 1.807) is 11.3 Å². The molecule has 0 saturated heterocycles. The van der Waals surface area contributed by atoms with Gasteiger partial charge in [-0.05, 0) is 31.2 Å². The van der Waals surface area contributed by atoms with Crippen molar-refractivity contribution in [1.29, 1.82) is 0 Å². The van der Waals surface area contributed by atoms with Gasteiger partial charge in [0.1, 0.15) is 5.01 Å². The van der Waals surface area contributed by atoms with Gasteiger partial charge in [-0.15, -0.1) is 11.3 Å². The second-order valence-corrected chi connectivity index (χ2v) is 7.19. The smallest absolute Gasteiger partial charge is 0.142 e. The molecule has 0 saturated carbocycles. The van der Waals surface area contributed by atoms with Gasteiger partial charge in [-0.1, -0.05) is 19.9 Å². The molecule has 2 heterocycles. The molecule has 114 valence electrons. The van der Waals surface area contributed by atoms with Crippen molar-refractivity contribution in [3.8, 4) is 10.7 Å². The Hall–Kier alpha value is -0.910. The summed E-state index contributed by atoms with van der Waals surface area (Å²) in [7, 11) is 0. The van der Waals surface area contributed by atoms with Gasteiger partial charge in [-0.3, -0.25) is 4.98 Å². The van der Waals surface area contributed by atoms with Crippen molar-refractivity contribution in [2.75, 3.05) is 12.8 Å². The average molecular weight is 322 g/mol. The Morgan fingerprint density at radius 2 is 2.10 bits per heavy atom. The summed E-state index contributed by atoms with van der Waals surface area (Å²) in [5.41, 5.74) is 2.05. The van der Waals surface area contributed by atoms with Gasteiger partial charge in [0.05, 0.1) is 11.4 Å². The van der Waals surface area contributed by atoms with Crippen LogP contribution in [-0.2, 0) is 6.54 Å². The Kier molecular flexibility index (Phi) is 6.21. The van der Waals surface area contributed by atoms with E-state index in [0.29, 0.717) is 4.75 Å².